The quantitative estimate of drug-likeness (QED) is 0.303. The standard InChI is InChI=1S/C20H25N5O3S/c1-13(23-24-19(27)11-16-10-18(26)22-20(29)21-16)14-5-6-17(28-2)15(9-14)12-25-7-3-4-8-25/h5-6,9-10H,3-4,7-8,11-12H2,1-2H3,(H,24,27)(H2,21,22,26,29)/p+1/b23-13-. The van der Waals surface area contributed by atoms with Crippen molar-refractivity contribution in [3.05, 3.63) is 56.2 Å². The molecule has 4 N–H and O–H groups in total. The predicted octanol–water partition coefficient (Wildman–Crippen LogP) is 0.703. The maximum Gasteiger partial charge on any atom is 0.251 e. The maximum atomic E-state index is 12.2. The first-order valence-corrected chi connectivity index (χ1v) is 10.0. The van der Waals surface area contributed by atoms with Crippen LogP contribution in [0.3, 0.4) is 0 Å². The van der Waals surface area contributed by atoms with Gasteiger partial charge in [0.15, 0.2) is 4.77 Å². The second-order valence-electron chi connectivity index (χ2n) is 7.18. The van der Waals surface area contributed by atoms with Gasteiger partial charge in [-0.05, 0) is 42.9 Å². The highest BCUT2D eigenvalue weighted by molar-refractivity contribution is 7.71. The number of nitrogens with one attached hydrogen (secondary N) is 4. The number of aromatic amines is 2. The summed E-state index contributed by atoms with van der Waals surface area (Å²) in [5, 5.41) is 4.21. The number of rotatable bonds is 7. The van der Waals surface area contributed by atoms with Crippen LogP contribution in [0.15, 0.2) is 34.2 Å². The largest absolute Gasteiger partial charge is 0.496 e. The van der Waals surface area contributed by atoms with Crippen molar-refractivity contribution in [2.45, 2.75) is 32.7 Å². The fraction of sp³-hybridized carbons (Fsp3) is 0.400. The van der Waals surface area contributed by atoms with Gasteiger partial charge in [0.05, 0.1) is 32.3 Å². The number of aromatic nitrogens is 2. The summed E-state index contributed by atoms with van der Waals surface area (Å²) in [5.74, 6) is 0.533. The summed E-state index contributed by atoms with van der Waals surface area (Å²) in [5.41, 5.74) is 5.38. The third-order valence-electron chi connectivity index (χ3n) is 4.96. The minimum absolute atomic E-state index is 0.0173. The highest BCUT2D eigenvalue weighted by atomic mass is 32.1. The van der Waals surface area contributed by atoms with Gasteiger partial charge in [-0.3, -0.25) is 14.6 Å². The summed E-state index contributed by atoms with van der Waals surface area (Å²) in [6.45, 7) is 5.12. The molecule has 1 fully saturated rings. The van der Waals surface area contributed by atoms with Crippen molar-refractivity contribution in [1.82, 2.24) is 15.4 Å². The van der Waals surface area contributed by atoms with Crippen LogP contribution in [0, 0.1) is 4.77 Å². The SMILES string of the molecule is COc1ccc(/C(C)=N\NC(=O)Cc2cc(=O)[nH]c(=S)[nH]2)cc1C[NH+]1CCCC1. The fourth-order valence-electron chi connectivity index (χ4n) is 3.50. The minimum Gasteiger partial charge on any atom is -0.496 e. The number of benzene rings is 1. The van der Waals surface area contributed by atoms with Gasteiger partial charge in [0.2, 0.25) is 5.91 Å². The predicted molar refractivity (Wildman–Crippen MR) is 113 cm³/mol. The number of carbonyl (C=O) groups excluding carboxylic acids is 1. The van der Waals surface area contributed by atoms with Gasteiger partial charge in [0, 0.05) is 30.2 Å². The van der Waals surface area contributed by atoms with Crippen molar-refractivity contribution in [3.8, 4) is 5.75 Å². The van der Waals surface area contributed by atoms with Gasteiger partial charge < -0.3 is 14.6 Å². The molecule has 29 heavy (non-hydrogen) atoms. The number of ether oxygens (including phenoxy) is 1. The molecule has 1 amide bonds. The van der Waals surface area contributed by atoms with E-state index in [-0.39, 0.29) is 22.7 Å². The molecular weight excluding hydrogens is 390 g/mol. The monoisotopic (exact) mass is 416 g/mol. The van der Waals surface area contributed by atoms with Crippen molar-refractivity contribution in [2.75, 3.05) is 20.2 Å². The molecule has 1 aromatic carbocycles. The Morgan fingerprint density at radius 2 is 2.03 bits per heavy atom. The Morgan fingerprint density at radius 1 is 1.28 bits per heavy atom. The van der Waals surface area contributed by atoms with Crippen LogP contribution in [0.5, 0.6) is 5.75 Å². The van der Waals surface area contributed by atoms with Crippen LogP contribution in [-0.2, 0) is 17.8 Å². The minimum atomic E-state index is -0.345. The molecular formula is C20H26N5O3S+. The van der Waals surface area contributed by atoms with Crippen molar-refractivity contribution in [1.29, 1.82) is 0 Å². The van der Waals surface area contributed by atoms with E-state index in [0.717, 1.165) is 23.4 Å². The third kappa shape index (κ3) is 5.85. The number of hydrazone groups is 1. The van der Waals surface area contributed by atoms with E-state index < -0.39 is 0 Å². The van der Waals surface area contributed by atoms with E-state index in [2.05, 4.69) is 26.6 Å². The maximum absolute atomic E-state index is 12.2. The normalized spacial score (nSPS) is 14.8. The first-order valence-electron chi connectivity index (χ1n) is 9.61. The van der Waals surface area contributed by atoms with Gasteiger partial charge >= 0.3 is 0 Å². The number of carbonyl (C=O) groups is 1. The Kier molecular flexibility index (Phi) is 6.95. The van der Waals surface area contributed by atoms with E-state index in [1.165, 1.54) is 32.0 Å². The molecule has 3 rings (SSSR count). The molecule has 1 aliphatic heterocycles. The van der Waals surface area contributed by atoms with Crippen LogP contribution in [0.1, 0.15) is 36.6 Å². The Bertz CT molecular complexity index is 993. The Labute approximate surface area is 174 Å². The highest BCUT2D eigenvalue weighted by Gasteiger charge is 2.18. The Hall–Kier alpha value is -2.78. The fourth-order valence-corrected chi connectivity index (χ4v) is 3.73. The number of nitrogens with zero attached hydrogens (tertiary/aromatic N) is 1. The molecule has 0 aliphatic carbocycles. The lowest BCUT2D eigenvalue weighted by atomic mass is 10.1. The summed E-state index contributed by atoms with van der Waals surface area (Å²) in [6, 6.07) is 7.25. The summed E-state index contributed by atoms with van der Waals surface area (Å²) < 4.78 is 5.70. The molecule has 154 valence electrons. The molecule has 2 heterocycles. The van der Waals surface area contributed by atoms with E-state index in [1.54, 1.807) is 12.0 Å². The van der Waals surface area contributed by atoms with E-state index in [1.807, 2.05) is 19.1 Å². The number of hydrogen-bond acceptors (Lipinski definition) is 5. The smallest absolute Gasteiger partial charge is 0.251 e. The molecule has 0 saturated carbocycles. The third-order valence-corrected chi connectivity index (χ3v) is 5.17. The molecule has 0 bridgehead atoms. The van der Waals surface area contributed by atoms with Gasteiger partial charge in [-0.25, -0.2) is 5.43 Å². The lowest BCUT2D eigenvalue weighted by Gasteiger charge is -2.15. The molecule has 1 aliphatic rings. The van der Waals surface area contributed by atoms with Gasteiger partial charge in [-0.2, -0.15) is 5.10 Å². The first-order chi connectivity index (χ1) is 13.9. The number of hydrogen-bond donors (Lipinski definition) is 4. The highest BCUT2D eigenvalue weighted by Crippen LogP contribution is 2.20. The molecule has 0 atom stereocenters. The first kappa shape index (κ1) is 20.9. The molecule has 0 spiro atoms. The number of likely N-dealkylation sites (tertiary alicyclic amines) is 1. The van der Waals surface area contributed by atoms with Crippen LogP contribution in [0.4, 0.5) is 0 Å². The van der Waals surface area contributed by atoms with E-state index >= 15 is 0 Å². The molecule has 8 nitrogen and oxygen atoms in total. The molecule has 0 unspecified atom stereocenters. The topological polar surface area (TPSA) is 104 Å². The number of H-pyrrole nitrogens is 2. The van der Waals surface area contributed by atoms with Crippen LogP contribution in [-0.4, -0.2) is 41.8 Å². The van der Waals surface area contributed by atoms with Crippen LogP contribution in [0.25, 0.3) is 0 Å². The molecule has 0 radical (unpaired) electrons. The zero-order chi connectivity index (χ0) is 20.8. The lowest BCUT2D eigenvalue weighted by molar-refractivity contribution is -0.901. The van der Waals surface area contributed by atoms with Crippen LogP contribution in [0.2, 0.25) is 0 Å². The van der Waals surface area contributed by atoms with Gasteiger partial charge in [0.1, 0.15) is 12.3 Å². The zero-order valence-electron chi connectivity index (χ0n) is 16.6. The van der Waals surface area contributed by atoms with E-state index in [0.29, 0.717) is 11.4 Å². The summed E-state index contributed by atoms with van der Waals surface area (Å²) in [7, 11) is 1.68. The Balaban J connectivity index is 1.68. The summed E-state index contributed by atoms with van der Waals surface area (Å²) in [4.78, 5) is 30.4. The van der Waals surface area contributed by atoms with Crippen LogP contribution >= 0.6 is 12.2 Å². The summed E-state index contributed by atoms with van der Waals surface area (Å²) in [6.07, 6.45) is 2.51. The number of amides is 1. The molecule has 9 heteroatoms. The zero-order valence-corrected chi connectivity index (χ0v) is 17.4. The number of methoxy groups -OCH3 is 1. The van der Waals surface area contributed by atoms with Crippen LogP contribution < -0.4 is 20.6 Å². The second-order valence-corrected chi connectivity index (χ2v) is 7.59. The van der Waals surface area contributed by atoms with Crippen molar-refractivity contribution in [2.24, 2.45) is 5.10 Å². The van der Waals surface area contributed by atoms with Gasteiger partial charge in [0.25, 0.3) is 5.56 Å². The van der Waals surface area contributed by atoms with Crippen molar-refractivity contribution >= 4 is 23.8 Å². The average Bonchev–Trinajstić information content (AvgIpc) is 3.18. The van der Waals surface area contributed by atoms with Gasteiger partial charge in [-0.1, -0.05) is 0 Å². The van der Waals surface area contributed by atoms with E-state index in [9.17, 15) is 9.59 Å². The van der Waals surface area contributed by atoms with Gasteiger partial charge in [-0.15, -0.1) is 0 Å². The Morgan fingerprint density at radius 3 is 2.72 bits per heavy atom. The second kappa shape index (κ2) is 9.62. The van der Waals surface area contributed by atoms with E-state index in [4.69, 9.17) is 17.0 Å². The van der Waals surface area contributed by atoms with Crippen molar-refractivity contribution < 1.29 is 14.4 Å². The average molecular weight is 417 g/mol. The lowest BCUT2D eigenvalue weighted by Crippen LogP contribution is -3.08. The summed E-state index contributed by atoms with van der Waals surface area (Å²) >= 11 is 4.91. The molecule has 2 aromatic rings. The number of quaternary nitrogens is 1. The molecule has 1 aromatic heterocycles. The van der Waals surface area contributed by atoms with Crippen molar-refractivity contribution in [3.63, 3.8) is 0 Å². The molecule has 1 saturated heterocycles.